The smallest absolute Gasteiger partial charge is 0.271 e. The van der Waals surface area contributed by atoms with Crippen LogP contribution in [-0.2, 0) is 22.7 Å². The Bertz CT molecular complexity index is 1100. The van der Waals surface area contributed by atoms with E-state index in [-0.39, 0.29) is 30.5 Å². The Hall–Kier alpha value is -3.23. The molecule has 2 atom stereocenters. The summed E-state index contributed by atoms with van der Waals surface area (Å²) in [6, 6.07) is 17.3. The van der Waals surface area contributed by atoms with E-state index in [4.69, 9.17) is 9.47 Å². The summed E-state index contributed by atoms with van der Waals surface area (Å²) in [6.45, 7) is 2.71. The number of carbonyl (C=O) groups is 2. The van der Waals surface area contributed by atoms with Gasteiger partial charge in [0, 0.05) is 17.5 Å². The average molecular weight is 494 g/mol. The van der Waals surface area contributed by atoms with E-state index >= 15 is 0 Å². The summed E-state index contributed by atoms with van der Waals surface area (Å²) in [5, 5.41) is 8.60. The Balaban J connectivity index is 1.24. The maximum Gasteiger partial charge on any atom is 0.271 e. The Morgan fingerprint density at radius 2 is 1.69 bits per heavy atom. The normalized spacial score (nSPS) is 17.5. The summed E-state index contributed by atoms with van der Waals surface area (Å²) < 4.78 is 11.3. The monoisotopic (exact) mass is 493 g/mol. The summed E-state index contributed by atoms with van der Waals surface area (Å²) in [4.78, 5) is 29.7. The van der Waals surface area contributed by atoms with Crippen LogP contribution in [0.5, 0.6) is 5.75 Å². The molecule has 184 valence electrons. The molecule has 0 aliphatic heterocycles. The minimum absolute atomic E-state index is 0.0114. The molecule has 1 aromatic heterocycles. The highest BCUT2D eigenvalue weighted by atomic mass is 32.1. The van der Waals surface area contributed by atoms with Crippen LogP contribution in [0, 0.1) is 6.92 Å². The highest BCUT2D eigenvalue weighted by Crippen LogP contribution is 2.20. The molecule has 2 N–H and O–H groups in total. The zero-order valence-corrected chi connectivity index (χ0v) is 20.7. The molecule has 0 spiro atoms. The molecule has 1 aliphatic rings. The number of hydrogen-bond donors (Lipinski definition) is 2. The van der Waals surface area contributed by atoms with Crippen molar-refractivity contribution in [2.75, 3.05) is 6.61 Å². The lowest BCUT2D eigenvalue weighted by atomic mass is 9.90. The SMILES string of the molecule is Cc1ccc(OCc2nc(C(=O)N[C@@H]3CCCC[C@H]3NC(=O)COCc3ccccc3)cs2)cc1. The molecule has 0 bridgehead atoms. The lowest BCUT2D eigenvalue weighted by Gasteiger charge is -2.32. The lowest BCUT2D eigenvalue weighted by Crippen LogP contribution is -2.53. The summed E-state index contributed by atoms with van der Waals surface area (Å²) in [7, 11) is 0. The molecule has 1 fully saturated rings. The third-order valence-corrected chi connectivity index (χ3v) is 6.76. The number of benzene rings is 2. The van der Waals surface area contributed by atoms with Crippen molar-refractivity contribution in [3.63, 3.8) is 0 Å². The zero-order chi connectivity index (χ0) is 24.5. The van der Waals surface area contributed by atoms with Gasteiger partial charge in [0.2, 0.25) is 5.91 Å². The Morgan fingerprint density at radius 1 is 0.971 bits per heavy atom. The molecular formula is C27H31N3O4S. The number of carbonyl (C=O) groups excluding carboxylic acids is 2. The van der Waals surface area contributed by atoms with Gasteiger partial charge in [-0.3, -0.25) is 9.59 Å². The number of thiazole rings is 1. The third kappa shape index (κ3) is 7.63. The van der Waals surface area contributed by atoms with Gasteiger partial charge < -0.3 is 20.1 Å². The van der Waals surface area contributed by atoms with E-state index in [0.717, 1.165) is 42.0 Å². The van der Waals surface area contributed by atoms with E-state index in [2.05, 4.69) is 15.6 Å². The van der Waals surface area contributed by atoms with Crippen molar-refractivity contribution in [2.24, 2.45) is 0 Å². The van der Waals surface area contributed by atoms with Crippen molar-refractivity contribution in [1.29, 1.82) is 0 Å². The zero-order valence-electron chi connectivity index (χ0n) is 19.9. The fourth-order valence-electron chi connectivity index (χ4n) is 4.06. The molecule has 1 heterocycles. The highest BCUT2D eigenvalue weighted by Gasteiger charge is 2.28. The highest BCUT2D eigenvalue weighted by molar-refractivity contribution is 7.09. The first-order chi connectivity index (χ1) is 17.1. The van der Waals surface area contributed by atoms with Gasteiger partial charge in [-0.15, -0.1) is 11.3 Å². The van der Waals surface area contributed by atoms with Gasteiger partial charge in [-0.2, -0.15) is 0 Å². The molecule has 7 nitrogen and oxygen atoms in total. The van der Waals surface area contributed by atoms with Gasteiger partial charge in [-0.1, -0.05) is 60.9 Å². The van der Waals surface area contributed by atoms with Crippen LogP contribution in [-0.4, -0.2) is 35.5 Å². The first-order valence-electron chi connectivity index (χ1n) is 11.9. The summed E-state index contributed by atoms with van der Waals surface area (Å²) in [5.41, 5.74) is 2.57. The molecule has 35 heavy (non-hydrogen) atoms. The molecular weight excluding hydrogens is 462 g/mol. The first-order valence-corrected chi connectivity index (χ1v) is 12.8. The molecule has 1 saturated carbocycles. The fraction of sp³-hybridized carbons (Fsp3) is 0.370. The van der Waals surface area contributed by atoms with Gasteiger partial charge in [0.05, 0.1) is 6.61 Å². The van der Waals surface area contributed by atoms with E-state index in [9.17, 15) is 9.59 Å². The number of hydrogen-bond acceptors (Lipinski definition) is 6. The molecule has 0 unspecified atom stereocenters. The van der Waals surface area contributed by atoms with Crippen LogP contribution in [0.25, 0.3) is 0 Å². The van der Waals surface area contributed by atoms with Gasteiger partial charge in [0.1, 0.15) is 29.7 Å². The van der Waals surface area contributed by atoms with Gasteiger partial charge in [-0.25, -0.2) is 4.98 Å². The second-order valence-electron chi connectivity index (χ2n) is 8.75. The quantitative estimate of drug-likeness (QED) is 0.437. The number of ether oxygens (including phenoxy) is 2. The molecule has 0 saturated heterocycles. The van der Waals surface area contributed by atoms with E-state index in [1.807, 2.05) is 61.5 Å². The molecule has 8 heteroatoms. The van der Waals surface area contributed by atoms with Crippen LogP contribution in [0.1, 0.15) is 52.3 Å². The van der Waals surface area contributed by atoms with Crippen molar-refractivity contribution < 1.29 is 19.1 Å². The van der Waals surface area contributed by atoms with Crippen LogP contribution >= 0.6 is 11.3 Å². The minimum Gasteiger partial charge on any atom is -0.486 e. The van der Waals surface area contributed by atoms with Gasteiger partial charge in [-0.05, 0) is 37.5 Å². The van der Waals surface area contributed by atoms with E-state index < -0.39 is 0 Å². The van der Waals surface area contributed by atoms with E-state index in [1.54, 1.807) is 5.38 Å². The molecule has 2 amide bonds. The first kappa shape index (κ1) is 24.9. The second kappa shape index (κ2) is 12.5. The van der Waals surface area contributed by atoms with Gasteiger partial charge in [0.15, 0.2) is 0 Å². The minimum atomic E-state index is -0.227. The van der Waals surface area contributed by atoms with Crippen LogP contribution in [0.2, 0.25) is 0 Å². The van der Waals surface area contributed by atoms with Crippen molar-refractivity contribution in [3.05, 3.63) is 81.8 Å². The van der Waals surface area contributed by atoms with Gasteiger partial charge >= 0.3 is 0 Å². The van der Waals surface area contributed by atoms with Crippen LogP contribution < -0.4 is 15.4 Å². The standard InChI is InChI=1S/C27H31N3O4S/c1-19-11-13-21(14-12-19)34-17-26-29-24(18-35-26)27(32)30-23-10-6-5-9-22(23)28-25(31)16-33-15-20-7-3-2-4-8-20/h2-4,7-8,11-14,18,22-23H,5-6,9-10,15-17H2,1H3,(H,28,31)(H,30,32)/t22-,23-/m1/s1. The number of nitrogens with zero attached hydrogens (tertiary/aromatic N) is 1. The Kier molecular flexibility index (Phi) is 8.86. The number of aryl methyl sites for hydroxylation is 1. The number of aromatic nitrogens is 1. The fourth-order valence-corrected chi connectivity index (χ4v) is 4.75. The molecule has 2 aromatic carbocycles. The maximum atomic E-state index is 12.9. The topological polar surface area (TPSA) is 89.5 Å². The number of nitrogens with one attached hydrogen (secondary N) is 2. The van der Waals surface area contributed by atoms with Crippen molar-refractivity contribution in [2.45, 2.75) is 57.9 Å². The van der Waals surface area contributed by atoms with Crippen LogP contribution in [0.4, 0.5) is 0 Å². The number of amides is 2. The third-order valence-electron chi connectivity index (χ3n) is 5.94. The molecule has 4 rings (SSSR count). The molecule has 0 radical (unpaired) electrons. The second-order valence-corrected chi connectivity index (χ2v) is 9.69. The average Bonchev–Trinajstić information content (AvgIpc) is 3.35. The van der Waals surface area contributed by atoms with E-state index in [0.29, 0.717) is 18.9 Å². The van der Waals surface area contributed by atoms with Crippen molar-refractivity contribution in [1.82, 2.24) is 15.6 Å². The summed E-state index contributed by atoms with van der Waals surface area (Å²) >= 11 is 1.40. The number of rotatable bonds is 10. The Labute approximate surface area is 209 Å². The summed E-state index contributed by atoms with van der Waals surface area (Å²) in [5.74, 6) is 0.371. The largest absolute Gasteiger partial charge is 0.486 e. The summed E-state index contributed by atoms with van der Waals surface area (Å²) in [6.07, 6.45) is 3.66. The van der Waals surface area contributed by atoms with Crippen LogP contribution in [0.3, 0.4) is 0 Å². The molecule has 1 aliphatic carbocycles. The molecule has 3 aromatic rings. The van der Waals surface area contributed by atoms with Crippen LogP contribution in [0.15, 0.2) is 60.0 Å². The van der Waals surface area contributed by atoms with Crippen molar-refractivity contribution >= 4 is 23.2 Å². The predicted octanol–water partition coefficient (Wildman–Crippen LogP) is 4.40. The predicted molar refractivity (Wildman–Crippen MR) is 135 cm³/mol. The van der Waals surface area contributed by atoms with Gasteiger partial charge in [0.25, 0.3) is 5.91 Å². The maximum absolute atomic E-state index is 12.9. The lowest BCUT2D eigenvalue weighted by molar-refractivity contribution is -0.127. The van der Waals surface area contributed by atoms with Crippen molar-refractivity contribution in [3.8, 4) is 5.75 Å². The van der Waals surface area contributed by atoms with E-state index in [1.165, 1.54) is 16.9 Å². The Morgan fingerprint density at radius 3 is 2.43 bits per heavy atom.